The molecule has 2 saturated heterocycles. The first-order valence-electron chi connectivity index (χ1n) is 8.74. The van der Waals surface area contributed by atoms with Crippen molar-refractivity contribution < 1.29 is 32.7 Å². The lowest BCUT2D eigenvalue weighted by Crippen LogP contribution is -2.54. The highest BCUT2D eigenvalue weighted by atomic mass is 31.2. The average molecular weight is 411 g/mol. The van der Waals surface area contributed by atoms with Crippen molar-refractivity contribution in [2.24, 2.45) is 0 Å². The lowest BCUT2D eigenvalue weighted by molar-refractivity contribution is -0.194. The molecule has 0 radical (unpaired) electrons. The van der Waals surface area contributed by atoms with Crippen LogP contribution in [-0.4, -0.2) is 54.2 Å². The van der Waals surface area contributed by atoms with Gasteiger partial charge in [-0.2, -0.15) is 0 Å². The van der Waals surface area contributed by atoms with Gasteiger partial charge in [0.2, 0.25) is 0 Å². The molecule has 9 nitrogen and oxygen atoms in total. The largest absolute Gasteiger partial charge is 0.472 e. The maximum absolute atomic E-state index is 13.0. The molecule has 0 spiro atoms. The zero-order valence-electron chi connectivity index (χ0n) is 15.7. The molecule has 152 valence electrons. The molecule has 4 rings (SSSR count). The minimum atomic E-state index is -4.36. The Morgan fingerprint density at radius 1 is 1.32 bits per heavy atom. The van der Waals surface area contributed by atoms with Crippen LogP contribution in [0.25, 0.3) is 10.8 Å². The quantitative estimate of drug-likeness (QED) is 0.718. The molecule has 0 aliphatic carbocycles. The van der Waals surface area contributed by atoms with Crippen molar-refractivity contribution >= 4 is 18.6 Å². The highest BCUT2D eigenvalue weighted by Gasteiger charge is 2.72. The third-order valence-corrected chi connectivity index (χ3v) is 6.65. The molecular weight excluding hydrogens is 389 g/mol. The molecule has 2 aromatic rings. The van der Waals surface area contributed by atoms with E-state index in [0.29, 0.717) is 5.39 Å². The van der Waals surface area contributed by atoms with Gasteiger partial charge >= 0.3 is 7.82 Å². The molecule has 5 atom stereocenters. The van der Waals surface area contributed by atoms with Crippen molar-refractivity contribution in [1.82, 2.24) is 4.57 Å². The van der Waals surface area contributed by atoms with Crippen LogP contribution in [0, 0.1) is 0 Å². The number of hydrogen-bond donors (Lipinski definition) is 1. The Morgan fingerprint density at radius 3 is 2.79 bits per heavy atom. The van der Waals surface area contributed by atoms with Crippen molar-refractivity contribution in [3.05, 3.63) is 46.9 Å². The van der Waals surface area contributed by atoms with Crippen LogP contribution in [-0.2, 0) is 27.8 Å². The van der Waals surface area contributed by atoms with E-state index >= 15 is 0 Å². The summed E-state index contributed by atoms with van der Waals surface area (Å²) in [4.78, 5) is 23.0. The number of hydrogen-bond acceptors (Lipinski definition) is 7. The van der Waals surface area contributed by atoms with E-state index in [1.807, 2.05) is 12.1 Å². The summed E-state index contributed by atoms with van der Waals surface area (Å²) < 4.78 is 41.1. The summed E-state index contributed by atoms with van der Waals surface area (Å²) >= 11 is 0. The van der Waals surface area contributed by atoms with Gasteiger partial charge in [0.25, 0.3) is 5.56 Å². The Labute approximate surface area is 161 Å². The van der Waals surface area contributed by atoms with Crippen LogP contribution in [0.3, 0.4) is 0 Å². The first-order valence-corrected chi connectivity index (χ1v) is 10.2. The first-order chi connectivity index (χ1) is 13.3. The maximum atomic E-state index is 13.0. The molecule has 3 unspecified atom stereocenters. The minimum Gasteiger partial charge on any atom is -0.381 e. The number of rotatable bonds is 6. The van der Waals surface area contributed by atoms with E-state index in [2.05, 4.69) is 4.52 Å². The van der Waals surface area contributed by atoms with Gasteiger partial charge in [-0.25, -0.2) is 4.57 Å². The van der Waals surface area contributed by atoms with Gasteiger partial charge in [-0.1, -0.05) is 18.2 Å². The van der Waals surface area contributed by atoms with Crippen LogP contribution in [0.2, 0.25) is 0 Å². The summed E-state index contributed by atoms with van der Waals surface area (Å²) in [5.74, 6) is 0. The smallest absolute Gasteiger partial charge is 0.381 e. The third kappa shape index (κ3) is 2.78. The summed E-state index contributed by atoms with van der Waals surface area (Å²) in [5.41, 5.74) is -2.81. The van der Waals surface area contributed by atoms with Gasteiger partial charge in [-0.05, 0) is 24.4 Å². The number of phosphoric ester groups is 1. The van der Waals surface area contributed by atoms with Gasteiger partial charge in [0.15, 0.2) is 6.23 Å². The molecular formula is C18H22NO8P. The number of ether oxygens (including phenoxy) is 3. The topological polar surface area (TPSA) is 105 Å². The van der Waals surface area contributed by atoms with E-state index in [1.165, 1.54) is 11.7 Å². The summed E-state index contributed by atoms with van der Waals surface area (Å²) in [6, 6.07) is 9.02. The van der Waals surface area contributed by atoms with Crippen molar-refractivity contribution in [2.75, 3.05) is 27.4 Å². The number of aromatic nitrogens is 1. The van der Waals surface area contributed by atoms with Gasteiger partial charge in [0.05, 0.1) is 13.2 Å². The second-order valence-electron chi connectivity index (χ2n) is 7.13. The molecule has 2 bridgehead atoms. The van der Waals surface area contributed by atoms with Crippen molar-refractivity contribution in [2.45, 2.75) is 30.5 Å². The second-order valence-corrected chi connectivity index (χ2v) is 8.62. The van der Waals surface area contributed by atoms with E-state index in [4.69, 9.17) is 18.7 Å². The summed E-state index contributed by atoms with van der Waals surface area (Å²) in [6.45, 7) is 1.74. The molecule has 2 fully saturated rings. The lowest BCUT2D eigenvalue weighted by atomic mass is 9.86. The maximum Gasteiger partial charge on any atom is 0.472 e. The Bertz CT molecular complexity index is 1010. The van der Waals surface area contributed by atoms with E-state index in [1.54, 1.807) is 31.3 Å². The number of pyridine rings is 1. The molecule has 1 aromatic carbocycles. The van der Waals surface area contributed by atoms with Crippen LogP contribution in [0.4, 0.5) is 0 Å². The molecule has 2 aliphatic rings. The van der Waals surface area contributed by atoms with Crippen LogP contribution in [0.5, 0.6) is 0 Å². The molecule has 2 aliphatic heterocycles. The molecule has 1 aromatic heterocycles. The van der Waals surface area contributed by atoms with Gasteiger partial charge in [0, 0.05) is 25.8 Å². The van der Waals surface area contributed by atoms with Crippen molar-refractivity contribution in [1.29, 1.82) is 0 Å². The van der Waals surface area contributed by atoms with Crippen molar-refractivity contribution in [3.8, 4) is 0 Å². The number of methoxy groups -OCH3 is 1. The standard InChI is InChI=1S/C18H22NO8P/c1-17(27-28(21,22)24-3)14-16(26-18(17,10-23-2)11-25-14)19-9-8-12-6-4-5-7-13(12)15(19)20/h4-9,14,16H,10-11H2,1-3H3,(H,21,22)/t14?,16?,17-,18-/m0/s1. The van der Waals surface area contributed by atoms with E-state index in [-0.39, 0.29) is 18.8 Å². The molecule has 3 heterocycles. The van der Waals surface area contributed by atoms with Gasteiger partial charge in [-0.3, -0.25) is 18.4 Å². The Balaban J connectivity index is 1.80. The fraction of sp³-hybridized carbons (Fsp3) is 0.500. The second kappa shape index (κ2) is 6.74. The fourth-order valence-corrected chi connectivity index (χ4v) is 4.88. The normalized spacial score (nSPS) is 34.0. The Kier molecular flexibility index (Phi) is 4.75. The van der Waals surface area contributed by atoms with Gasteiger partial charge in [-0.15, -0.1) is 0 Å². The van der Waals surface area contributed by atoms with E-state index in [0.717, 1.165) is 12.5 Å². The molecule has 0 amide bonds. The predicted molar refractivity (Wildman–Crippen MR) is 99.0 cm³/mol. The van der Waals surface area contributed by atoms with E-state index < -0.39 is 31.4 Å². The van der Waals surface area contributed by atoms with Crippen LogP contribution in [0.1, 0.15) is 13.2 Å². The fourth-order valence-electron chi connectivity index (χ4n) is 4.06. The predicted octanol–water partition coefficient (Wildman–Crippen LogP) is 1.84. The number of phosphoric acid groups is 1. The van der Waals surface area contributed by atoms with Gasteiger partial charge < -0.3 is 19.1 Å². The summed E-state index contributed by atoms with van der Waals surface area (Å²) in [5, 5.41) is 1.34. The van der Waals surface area contributed by atoms with Crippen LogP contribution >= 0.6 is 7.82 Å². The average Bonchev–Trinajstić information content (AvgIpc) is 3.05. The highest BCUT2D eigenvalue weighted by Crippen LogP contribution is 2.60. The monoisotopic (exact) mass is 411 g/mol. The summed E-state index contributed by atoms with van der Waals surface area (Å²) in [6.07, 6.45) is -0.0603. The molecule has 10 heteroatoms. The highest BCUT2D eigenvalue weighted by molar-refractivity contribution is 7.47. The Hall–Kier alpha value is -1.58. The summed E-state index contributed by atoms with van der Waals surface area (Å²) in [7, 11) is -1.80. The van der Waals surface area contributed by atoms with Gasteiger partial charge in [0.1, 0.15) is 17.3 Å². The minimum absolute atomic E-state index is 0.0442. The molecule has 0 saturated carbocycles. The lowest BCUT2D eigenvalue weighted by Gasteiger charge is -2.36. The van der Waals surface area contributed by atoms with E-state index in [9.17, 15) is 14.3 Å². The van der Waals surface area contributed by atoms with Crippen LogP contribution < -0.4 is 5.56 Å². The molecule has 28 heavy (non-hydrogen) atoms. The van der Waals surface area contributed by atoms with Crippen molar-refractivity contribution in [3.63, 3.8) is 0 Å². The molecule has 1 N–H and O–H groups in total. The third-order valence-electron chi connectivity index (χ3n) is 5.58. The number of nitrogens with zero attached hydrogens (tertiary/aromatic N) is 1. The Morgan fingerprint density at radius 2 is 2.07 bits per heavy atom. The van der Waals surface area contributed by atoms with Crippen LogP contribution in [0.15, 0.2) is 41.3 Å². The first kappa shape index (κ1) is 19.7. The number of fused-ring (bicyclic) bond motifs is 3. The zero-order chi connectivity index (χ0) is 20.2. The zero-order valence-corrected chi connectivity index (χ0v) is 16.6. The SMILES string of the molecule is COC[C@@]12COC(C(n3ccc4ccccc4c3=O)O1)[C@]2(C)OP(=O)(O)OC. The number of benzene rings is 1.